The van der Waals surface area contributed by atoms with Crippen LogP contribution in [0.1, 0.15) is 0 Å². The van der Waals surface area contributed by atoms with E-state index in [0.29, 0.717) is 19.6 Å². The van der Waals surface area contributed by atoms with Crippen LogP contribution in [-0.4, -0.2) is 48.6 Å². The van der Waals surface area contributed by atoms with E-state index in [-0.39, 0.29) is 11.7 Å². The van der Waals surface area contributed by atoms with Crippen LogP contribution in [0.2, 0.25) is 0 Å². The summed E-state index contributed by atoms with van der Waals surface area (Å²) in [7, 11) is 0. The van der Waals surface area contributed by atoms with E-state index in [9.17, 15) is 9.90 Å². The van der Waals surface area contributed by atoms with Crippen molar-refractivity contribution in [2.45, 2.75) is 0 Å². The molecule has 6 heteroatoms. The molecule has 2 N–H and O–H groups in total. The molecule has 1 saturated heterocycles. The molecule has 1 fully saturated rings. The number of nitrogens with one attached hydrogen (secondary N) is 1. The summed E-state index contributed by atoms with van der Waals surface area (Å²) in [5, 5.41) is 12.5. The third-order valence-electron chi connectivity index (χ3n) is 4.14. The smallest absolute Gasteiger partial charge is 0.241 e. The predicted octanol–water partition coefficient (Wildman–Crippen LogP) is 2.92. The Morgan fingerprint density at radius 1 is 1.00 bits per heavy atom. The maximum absolute atomic E-state index is 12.3. The van der Waals surface area contributed by atoms with Crippen molar-refractivity contribution in [3.63, 3.8) is 0 Å². The summed E-state index contributed by atoms with van der Waals surface area (Å²) in [5.41, 5.74) is 2.02. The molecule has 126 valence electrons. The Labute approximate surface area is 150 Å². The quantitative estimate of drug-likeness (QED) is 0.843. The average molecular weight is 390 g/mol. The number of nitrogens with zero attached hydrogens (tertiary/aromatic N) is 2. The van der Waals surface area contributed by atoms with Gasteiger partial charge in [-0.25, -0.2) is 0 Å². The molecule has 2 aromatic rings. The van der Waals surface area contributed by atoms with E-state index in [2.05, 4.69) is 26.1 Å². The third kappa shape index (κ3) is 4.20. The number of hydrogen-bond acceptors (Lipinski definition) is 4. The maximum atomic E-state index is 12.3. The highest BCUT2D eigenvalue weighted by Crippen LogP contribution is 2.20. The molecular formula is C18H20BrN3O2. The molecule has 24 heavy (non-hydrogen) atoms. The number of phenols is 1. The van der Waals surface area contributed by atoms with Gasteiger partial charge in [-0.05, 0) is 48.5 Å². The molecule has 1 amide bonds. The van der Waals surface area contributed by atoms with Crippen LogP contribution in [0.15, 0.2) is 53.0 Å². The van der Waals surface area contributed by atoms with Crippen LogP contribution in [0.4, 0.5) is 11.4 Å². The van der Waals surface area contributed by atoms with E-state index in [1.54, 1.807) is 12.1 Å². The number of piperazine rings is 1. The molecule has 1 aliphatic rings. The first-order chi connectivity index (χ1) is 11.6. The minimum atomic E-state index is 0.114. The van der Waals surface area contributed by atoms with E-state index in [1.807, 2.05) is 41.3 Å². The molecule has 0 radical (unpaired) electrons. The van der Waals surface area contributed by atoms with Gasteiger partial charge < -0.3 is 20.2 Å². The molecule has 0 saturated carbocycles. The minimum Gasteiger partial charge on any atom is -0.508 e. The molecule has 1 heterocycles. The van der Waals surface area contributed by atoms with Crippen molar-refractivity contribution in [1.82, 2.24) is 4.90 Å². The number of aromatic hydroxyl groups is 1. The lowest BCUT2D eigenvalue weighted by molar-refractivity contribution is -0.129. The van der Waals surface area contributed by atoms with Crippen molar-refractivity contribution in [3.05, 3.63) is 53.0 Å². The van der Waals surface area contributed by atoms with E-state index in [0.717, 1.165) is 28.9 Å². The number of anilines is 2. The lowest BCUT2D eigenvalue weighted by atomic mass is 10.2. The zero-order valence-electron chi connectivity index (χ0n) is 13.3. The highest BCUT2D eigenvalue weighted by Gasteiger charge is 2.21. The molecule has 0 aliphatic carbocycles. The van der Waals surface area contributed by atoms with Gasteiger partial charge in [0.15, 0.2) is 0 Å². The predicted molar refractivity (Wildman–Crippen MR) is 99.5 cm³/mol. The Balaban J connectivity index is 1.48. The van der Waals surface area contributed by atoms with Crippen LogP contribution < -0.4 is 10.2 Å². The first kappa shape index (κ1) is 16.6. The van der Waals surface area contributed by atoms with Gasteiger partial charge in [0.2, 0.25) is 5.91 Å². The number of carbonyl (C=O) groups is 1. The largest absolute Gasteiger partial charge is 0.508 e. The van der Waals surface area contributed by atoms with Crippen molar-refractivity contribution in [1.29, 1.82) is 0 Å². The summed E-state index contributed by atoms with van der Waals surface area (Å²) in [6.45, 7) is 3.33. The van der Waals surface area contributed by atoms with Crippen molar-refractivity contribution < 1.29 is 9.90 Å². The van der Waals surface area contributed by atoms with Crippen LogP contribution in [0.25, 0.3) is 0 Å². The minimum absolute atomic E-state index is 0.114. The molecule has 0 atom stereocenters. The van der Waals surface area contributed by atoms with E-state index in [1.165, 1.54) is 0 Å². The molecule has 0 unspecified atom stereocenters. The molecule has 3 rings (SSSR count). The molecule has 0 spiro atoms. The fraction of sp³-hybridized carbons (Fsp3) is 0.278. The van der Waals surface area contributed by atoms with Crippen molar-refractivity contribution in [2.24, 2.45) is 0 Å². The molecule has 1 aliphatic heterocycles. The number of benzene rings is 2. The third-order valence-corrected chi connectivity index (χ3v) is 4.66. The van der Waals surface area contributed by atoms with Gasteiger partial charge in [0, 0.05) is 42.0 Å². The van der Waals surface area contributed by atoms with Gasteiger partial charge in [0.05, 0.1) is 6.54 Å². The van der Waals surface area contributed by atoms with E-state index in [4.69, 9.17) is 0 Å². The van der Waals surface area contributed by atoms with Gasteiger partial charge in [-0.15, -0.1) is 0 Å². The van der Waals surface area contributed by atoms with Crippen LogP contribution in [-0.2, 0) is 4.79 Å². The summed E-state index contributed by atoms with van der Waals surface area (Å²) < 4.78 is 1.02. The fourth-order valence-electron chi connectivity index (χ4n) is 2.73. The van der Waals surface area contributed by atoms with Crippen LogP contribution in [0.5, 0.6) is 5.75 Å². The Hall–Kier alpha value is -2.21. The van der Waals surface area contributed by atoms with Crippen molar-refractivity contribution in [2.75, 3.05) is 42.9 Å². The number of halogens is 1. The standard InChI is InChI=1S/C18H20BrN3O2/c19-14-1-3-15(4-2-14)20-13-18(24)22-11-9-21(10-12-22)16-5-7-17(23)8-6-16/h1-8,20,23H,9-13H2. The van der Waals surface area contributed by atoms with Gasteiger partial charge in [-0.3, -0.25) is 4.79 Å². The number of amides is 1. The second-order valence-corrected chi connectivity index (χ2v) is 6.66. The van der Waals surface area contributed by atoms with E-state index >= 15 is 0 Å². The van der Waals surface area contributed by atoms with Crippen LogP contribution in [0, 0.1) is 0 Å². The van der Waals surface area contributed by atoms with Crippen molar-refractivity contribution in [3.8, 4) is 5.75 Å². The fourth-order valence-corrected chi connectivity index (χ4v) is 3.00. The lowest BCUT2D eigenvalue weighted by Crippen LogP contribution is -2.50. The van der Waals surface area contributed by atoms with Gasteiger partial charge in [-0.2, -0.15) is 0 Å². The second-order valence-electron chi connectivity index (χ2n) is 5.74. The topological polar surface area (TPSA) is 55.8 Å². The normalized spacial score (nSPS) is 14.5. The Bertz CT molecular complexity index is 680. The van der Waals surface area contributed by atoms with Gasteiger partial charge in [0.1, 0.15) is 5.75 Å². The Kier molecular flexibility index (Phi) is 5.25. The summed E-state index contributed by atoms with van der Waals surface area (Å²) in [6.07, 6.45) is 0. The summed E-state index contributed by atoms with van der Waals surface area (Å²) in [6, 6.07) is 15.0. The molecule has 0 bridgehead atoms. The number of carbonyl (C=O) groups excluding carboxylic acids is 1. The van der Waals surface area contributed by atoms with E-state index < -0.39 is 0 Å². The summed E-state index contributed by atoms with van der Waals surface area (Å²) in [4.78, 5) is 16.4. The Morgan fingerprint density at radius 3 is 2.25 bits per heavy atom. The first-order valence-electron chi connectivity index (χ1n) is 7.93. The van der Waals surface area contributed by atoms with Gasteiger partial charge in [-0.1, -0.05) is 15.9 Å². The van der Waals surface area contributed by atoms with Crippen LogP contribution in [0.3, 0.4) is 0 Å². The summed E-state index contributed by atoms with van der Waals surface area (Å²) >= 11 is 3.40. The maximum Gasteiger partial charge on any atom is 0.241 e. The number of hydrogen-bond donors (Lipinski definition) is 2. The highest BCUT2D eigenvalue weighted by molar-refractivity contribution is 9.10. The highest BCUT2D eigenvalue weighted by atomic mass is 79.9. The lowest BCUT2D eigenvalue weighted by Gasteiger charge is -2.36. The monoisotopic (exact) mass is 389 g/mol. The first-order valence-corrected chi connectivity index (χ1v) is 8.72. The zero-order valence-corrected chi connectivity index (χ0v) is 14.9. The van der Waals surface area contributed by atoms with Gasteiger partial charge >= 0.3 is 0 Å². The number of rotatable bonds is 4. The number of phenolic OH excluding ortho intramolecular Hbond substituents is 1. The SMILES string of the molecule is O=C(CNc1ccc(Br)cc1)N1CCN(c2ccc(O)cc2)CC1. The van der Waals surface area contributed by atoms with Crippen molar-refractivity contribution >= 4 is 33.2 Å². The Morgan fingerprint density at radius 2 is 1.62 bits per heavy atom. The average Bonchev–Trinajstić information content (AvgIpc) is 2.62. The molecule has 0 aromatic heterocycles. The second kappa shape index (κ2) is 7.57. The van der Waals surface area contributed by atoms with Crippen LogP contribution >= 0.6 is 15.9 Å². The molecular weight excluding hydrogens is 370 g/mol. The van der Waals surface area contributed by atoms with Gasteiger partial charge in [0.25, 0.3) is 0 Å². The zero-order chi connectivity index (χ0) is 16.9. The summed E-state index contributed by atoms with van der Waals surface area (Å²) in [5.74, 6) is 0.384. The molecule has 2 aromatic carbocycles. The molecule has 5 nitrogen and oxygen atoms in total.